The predicted molar refractivity (Wildman–Crippen MR) is 42.5 cm³/mol. The highest BCUT2D eigenvalue weighted by molar-refractivity contribution is 6.26. The van der Waals surface area contributed by atoms with Crippen LogP contribution in [-0.2, 0) is 4.79 Å². The van der Waals surface area contributed by atoms with Crippen molar-refractivity contribution >= 4 is 12.0 Å². The van der Waals surface area contributed by atoms with Gasteiger partial charge in [-0.15, -0.1) is 0 Å². The first-order valence-corrected chi connectivity index (χ1v) is 3.84. The highest BCUT2D eigenvalue weighted by atomic mass is 16.1. The summed E-state index contributed by atoms with van der Waals surface area (Å²) in [4.78, 5) is 10.5. The van der Waals surface area contributed by atoms with Crippen LogP contribution < -0.4 is 0 Å². The van der Waals surface area contributed by atoms with Gasteiger partial charge < -0.3 is 5.41 Å². The largest absolute Gasteiger partial charge is 0.305 e. The molecule has 0 aromatic carbocycles. The summed E-state index contributed by atoms with van der Waals surface area (Å²) >= 11 is 0. The van der Waals surface area contributed by atoms with Gasteiger partial charge in [-0.25, -0.2) is 0 Å². The number of ketones is 1. The van der Waals surface area contributed by atoms with Gasteiger partial charge in [0.1, 0.15) is 0 Å². The van der Waals surface area contributed by atoms with Crippen LogP contribution in [0.4, 0.5) is 0 Å². The summed E-state index contributed by atoms with van der Waals surface area (Å²) in [6.07, 6.45) is 5.93. The highest BCUT2D eigenvalue weighted by Crippen LogP contribution is 2.01. The Morgan fingerprint density at radius 2 is 2.10 bits per heavy atom. The number of Topliss-reactive ketones (excluding diaryl/α,β-unsaturated/α-hetero) is 1. The number of unbranched alkanes of at least 4 members (excludes halogenated alkanes) is 3. The summed E-state index contributed by atoms with van der Waals surface area (Å²) in [6, 6.07) is 0. The van der Waals surface area contributed by atoms with Crippen LogP contribution in [0, 0.1) is 5.41 Å². The molecule has 0 fully saturated rings. The van der Waals surface area contributed by atoms with Gasteiger partial charge in [0.25, 0.3) is 0 Å². The molecule has 58 valence electrons. The third-order valence-electron chi connectivity index (χ3n) is 1.44. The molecule has 0 aromatic heterocycles. The van der Waals surface area contributed by atoms with E-state index in [9.17, 15) is 4.79 Å². The molecule has 0 spiro atoms. The number of nitrogens with one attached hydrogen (secondary N) is 1. The average molecular weight is 141 g/mol. The molecule has 0 atom stereocenters. The standard InChI is InChI=1S/C8H15NO/c1-2-3-4-5-6-8(10)7-9/h7,9H,2-6H2,1H3. The van der Waals surface area contributed by atoms with Crippen LogP contribution in [0.1, 0.15) is 39.0 Å². The molecule has 0 unspecified atom stereocenters. The molecule has 0 amide bonds. The molecule has 10 heavy (non-hydrogen) atoms. The summed E-state index contributed by atoms with van der Waals surface area (Å²) in [7, 11) is 0. The Labute approximate surface area is 62.1 Å². The van der Waals surface area contributed by atoms with E-state index in [0.717, 1.165) is 19.1 Å². The maximum atomic E-state index is 10.5. The van der Waals surface area contributed by atoms with Gasteiger partial charge in [-0.3, -0.25) is 4.79 Å². The summed E-state index contributed by atoms with van der Waals surface area (Å²) < 4.78 is 0. The summed E-state index contributed by atoms with van der Waals surface area (Å²) in [5.41, 5.74) is 0. The van der Waals surface area contributed by atoms with Crippen molar-refractivity contribution in [3.63, 3.8) is 0 Å². The molecule has 0 radical (unpaired) electrons. The minimum absolute atomic E-state index is 0.0453. The van der Waals surface area contributed by atoms with Gasteiger partial charge in [0.15, 0.2) is 5.78 Å². The molecule has 0 saturated carbocycles. The predicted octanol–water partition coefficient (Wildman–Crippen LogP) is 2.18. The van der Waals surface area contributed by atoms with Gasteiger partial charge in [0.2, 0.25) is 0 Å². The first-order valence-electron chi connectivity index (χ1n) is 3.84. The van der Waals surface area contributed by atoms with Gasteiger partial charge in [-0.2, -0.15) is 0 Å². The lowest BCUT2D eigenvalue weighted by molar-refractivity contribution is -0.112. The monoisotopic (exact) mass is 141 g/mol. The number of hydrogen-bond donors (Lipinski definition) is 1. The Morgan fingerprint density at radius 1 is 1.40 bits per heavy atom. The number of carbonyl (C=O) groups excluding carboxylic acids is 1. The molecular weight excluding hydrogens is 126 g/mol. The normalized spacial score (nSPS) is 9.30. The molecular formula is C8H15NO. The topological polar surface area (TPSA) is 40.9 Å². The number of rotatable bonds is 6. The minimum atomic E-state index is -0.0453. The lowest BCUT2D eigenvalue weighted by atomic mass is 10.1. The molecule has 0 saturated heterocycles. The molecule has 0 aliphatic carbocycles. The third kappa shape index (κ3) is 5.48. The van der Waals surface area contributed by atoms with Gasteiger partial charge in [-0.05, 0) is 6.42 Å². The lowest BCUT2D eigenvalue weighted by Gasteiger charge is -1.93. The summed E-state index contributed by atoms with van der Waals surface area (Å²) in [6.45, 7) is 2.14. The van der Waals surface area contributed by atoms with Crippen LogP contribution >= 0.6 is 0 Å². The van der Waals surface area contributed by atoms with Crippen LogP contribution in [0.25, 0.3) is 0 Å². The first-order chi connectivity index (χ1) is 4.81. The van der Waals surface area contributed by atoms with Crippen molar-refractivity contribution in [2.45, 2.75) is 39.0 Å². The van der Waals surface area contributed by atoms with Crippen LogP contribution in [0.2, 0.25) is 0 Å². The maximum Gasteiger partial charge on any atom is 0.173 e. The van der Waals surface area contributed by atoms with E-state index in [0.29, 0.717) is 6.42 Å². The van der Waals surface area contributed by atoms with Gasteiger partial charge in [0.05, 0.1) is 6.21 Å². The smallest absolute Gasteiger partial charge is 0.173 e. The van der Waals surface area contributed by atoms with Crippen molar-refractivity contribution in [3.05, 3.63) is 0 Å². The number of carbonyl (C=O) groups is 1. The number of hydrogen-bond acceptors (Lipinski definition) is 2. The maximum absolute atomic E-state index is 10.5. The molecule has 0 heterocycles. The van der Waals surface area contributed by atoms with Gasteiger partial charge in [-0.1, -0.05) is 26.2 Å². The zero-order chi connectivity index (χ0) is 7.82. The van der Waals surface area contributed by atoms with Crippen molar-refractivity contribution in [2.24, 2.45) is 0 Å². The molecule has 0 aliphatic rings. The van der Waals surface area contributed by atoms with E-state index in [4.69, 9.17) is 5.41 Å². The fourth-order valence-electron chi connectivity index (χ4n) is 0.798. The van der Waals surface area contributed by atoms with Crippen molar-refractivity contribution in [1.29, 1.82) is 5.41 Å². The highest BCUT2D eigenvalue weighted by Gasteiger charge is 1.94. The van der Waals surface area contributed by atoms with Crippen LogP contribution in [0.15, 0.2) is 0 Å². The third-order valence-corrected chi connectivity index (χ3v) is 1.44. The minimum Gasteiger partial charge on any atom is -0.305 e. The second kappa shape index (κ2) is 6.46. The molecule has 2 heteroatoms. The summed E-state index contributed by atoms with van der Waals surface area (Å²) in [5.74, 6) is -0.0453. The van der Waals surface area contributed by atoms with Crippen LogP contribution in [0.3, 0.4) is 0 Å². The van der Waals surface area contributed by atoms with Crippen molar-refractivity contribution < 1.29 is 4.79 Å². The van der Waals surface area contributed by atoms with Crippen LogP contribution in [-0.4, -0.2) is 12.0 Å². The zero-order valence-electron chi connectivity index (χ0n) is 6.52. The van der Waals surface area contributed by atoms with Gasteiger partial charge in [0, 0.05) is 6.42 Å². The lowest BCUT2D eigenvalue weighted by Crippen LogP contribution is -1.96. The Balaban J connectivity index is 3.03. The van der Waals surface area contributed by atoms with E-state index in [2.05, 4.69) is 6.92 Å². The second-order valence-electron chi connectivity index (χ2n) is 2.42. The van der Waals surface area contributed by atoms with E-state index in [1.807, 2.05) is 0 Å². The zero-order valence-corrected chi connectivity index (χ0v) is 6.52. The second-order valence-corrected chi connectivity index (χ2v) is 2.42. The van der Waals surface area contributed by atoms with E-state index < -0.39 is 0 Å². The Bertz CT molecular complexity index is 110. The Hall–Kier alpha value is -0.660. The Kier molecular flexibility index (Phi) is 6.03. The van der Waals surface area contributed by atoms with E-state index >= 15 is 0 Å². The van der Waals surface area contributed by atoms with Crippen molar-refractivity contribution in [3.8, 4) is 0 Å². The fourth-order valence-corrected chi connectivity index (χ4v) is 0.798. The van der Waals surface area contributed by atoms with E-state index in [1.54, 1.807) is 0 Å². The molecule has 1 N–H and O–H groups in total. The van der Waals surface area contributed by atoms with Crippen molar-refractivity contribution in [1.82, 2.24) is 0 Å². The molecule has 0 aromatic rings. The van der Waals surface area contributed by atoms with E-state index in [-0.39, 0.29) is 5.78 Å². The molecule has 0 rings (SSSR count). The Morgan fingerprint density at radius 3 is 2.60 bits per heavy atom. The SMILES string of the molecule is CCCCCCC(=O)C=N. The van der Waals surface area contributed by atoms with Gasteiger partial charge >= 0.3 is 0 Å². The van der Waals surface area contributed by atoms with Crippen LogP contribution in [0.5, 0.6) is 0 Å². The molecule has 0 aliphatic heterocycles. The molecule has 2 nitrogen and oxygen atoms in total. The summed E-state index contributed by atoms with van der Waals surface area (Å²) in [5, 5.41) is 6.61. The van der Waals surface area contributed by atoms with E-state index in [1.165, 1.54) is 12.8 Å². The molecule has 0 bridgehead atoms. The average Bonchev–Trinajstić information content (AvgIpc) is 1.98. The quantitative estimate of drug-likeness (QED) is 0.447. The first kappa shape index (κ1) is 9.34. The van der Waals surface area contributed by atoms with Crippen molar-refractivity contribution in [2.75, 3.05) is 0 Å². The fraction of sp³-hybridized carbons (Fsp3) is 0.750.